The van der Waals surface area contributed by atoms with E-state index in [0.29, 0.717) is 6.42 Å². The molecule has 0 unspecified atom stereocenters. The highest BCUT2D eigenvalue weighted by Gasteiger charge is 1.99. The number of ether oxygens (including phenoxy) is 1. The maximum atomic E-state index is 10.9. The summed E-state index contributed by atoms with van der Waals surface area (Å²) in [5.41, 5.74) is 0. The Morgan fingerprint density at radius 3 is 1.26 bits per heavy atom. The van der Waals surface area contributed by atoms with E-state index in [2.05, 4.69) is 11.7 Å². The molecule has 142 valence electrons. The lowest BCUT2D eigenvalue weighted by Gasteiger charge is -2.03. The van der Waals surface area contributed by atoms with Crippen molar-refractivity contribution in [3.8, 4) is 0 Å². The number of carbonyl (C=O) groups excluding carboxylic acids is 1. The maximum Gasteiger partial charge on any atom is 0.305 e. The number of carbonyl (C=O) groups is 1. The first kappa shape index (κ1) is 27.7. The molecule has 0 spiro atoms. The summed E-state index contributed by atoms with van der Waals surface area (Å²) in [6.45, 7) is 2.28. The van der Waals surface area contributed by atoms with Crippen molar-refractivity contribution in [3.05, 3.63) is 0 Å². The molecule has 0 saturated carbocycles. The molecule has 0 aromatic heterocycles. The average Bonchev–Trinajstić information content (AvgIpc) is 2.50. The third kappa shape index (κ3) is 24.3. The molecule has 0 atom stereocenters. The van der Waals surface area contributed by atoms with Crippen LogP contribution in [0.5, 0.6) is 0 Å². The lowest BCUT2D eigenvalue weighted by atomic mass is 10.0. The molecule has 0 aliphatic heterocycles. The minimum absolute atomic E-state index is 0. The fraction of sp³-hybridized carbons (Fsp3) is 0.947. The van der Waals surface area contributed by atoms with Gasteiger partial charge in [-0.1, -0.05) is 96.8 Å². The normalized spacial score (nSPS) is 9.83. The van der Waals surface area contributed by atoms with Gasteiger partial charge >= 0.3 is 5.97 Å². The van der Waals surface area contributed by atoms with Gasteiger partial charge in [-0.15, -0.1) is 17.0 Å². The monoisotopic (exact) mass is 395 g/mol. The summed E-state index contributed by atoms with van der Waals surface area (Å²) in [6, 6.07) is 0. The van der Waals surface area contributed by atoms with Gasteiger partial charge in [0.25, 0.3) is 0 Å². The van der Waals surface area contributed by atoms with Crippen LogP contribution >= 0.6 is 17.0 Å². The highest BCUT2D eigenvalue weighted by molar-refractivity contribution is 8.93. The lowest BCUT2D eigenvalue weighted by Crippen LogP contribution is -1.99. The van der Waals surface area contributed by atoms with E-state index in [1.807, 2.05) is 0 Å². The number of methoxy groups -OCH3 is 1. The van der Waals surface area contributed by atoms with Crippen molar-refractivity contribution >= 4 is 23.0 Å². The second-order valence-electron chi connectivity index (χ2n) is 6.28. The second kappa shape index (κ2) is 24.2. The SMILES string of the molecule is Br.CCCCCCCCCCCCCCCCCC(=O)OC.N. The molecule has 23 heavy (non-hydrogen) atoms. The van der Waals surface area contributed by atoms with Gasteiger partial charge in [0.15, 0.2) is 0 Å². The molecule has 4 heteroatoms. The predicted octanol–water partition coefficient (Wildman–Crippen LogP) is 7.16. The first-order valence-corrected chi connectivity index (χ1v) is 9.38. The number of halogens is 1. The van der Waals surface area contributed by atoms with Crippen molar-refractivity contribution in [2.24, 2.45) is 0 Å². The smallest absolute Gasteiger partial charge is 0.305 e. The summed E-state index contributed by atoms with van der Waals surface area (Å²) >= 11 is 0. The van der Waals surface area contributed by atoms with Gasteiger partial charge in [0, 0.05) is 6.42 Å². The largest absolute Gasteiger partial charge is 0.469 e. The molecule has 0 rings (SSSR count). The Hall–Kier alpha value is -0.0900. The van der Waals surface area contributed by atoms with Gasteiger partial charge in [-0.2, -0.15) is 0 Å². The Balaban J connectivity index is -0.00000200. The Morgan fingerprint density at radius 2 is 0.957 bits per heavy atom. The zero-order valence-corrected chi connectivity index (χ0v) is 17.5. The molecule has 0 aliphatic carbocycles. The number of rotatable bonds is 16. The Kier molecular flexibility index (Phi) is 29.2. The van der Waals surface area contributed by atoms with Crippen LogP contribution in [0.4, 0.5) is 0 Å². The van der Waals surface area contributed by atoms with E-state index in [1.165, 1.54) is 97.0 Å². The summed E-state index contributed by atoms with van der Waals surface area (Å²) in [6.07, 6.45) is 20.9. The standard InChI is InChI=1S/C19H38O2.BrH.H3N/c1-3-4-5-6-7-8-9-10-11-12-13-14-15-16-17-18-19(20)21-2;;/h3-18H2,1-2H3;1H;1H3. The highest BCUT2D eigenvalue weighted by atomic mass is 79.9. The fourth-order valence-corrected chi connectivity index (χ4v) is 2.74. The van der Waals surface area contributed by atoms with Crippen LogP contribution in [0.25, 0.3) is 0 Å². The molecule has 3 nitrogen and oxygen atoms in total. The fourth-order valence-electron chi connectivity index (χ4n) is 2.74. The lowest BCUT2D eigenvalue weighted by molar-refractivity contribution is -0.140. The van der Waals surface area contributed by atoms with Gasteiger partial charge in [0.1, 0.15) is 0 Å². The van der Waals surface area contributed by atoms with E-state index >= 15 is 0 Å². The quantitative estimate of drug-likeness (QED) is 0.222. The van der Waals surface area contributed by atoms with Gasteiger partial charge in [-0.05, 0) is 6.42 Å². The van der Waals surface area contributed by atoms with Gasteiger partial charge in [0.05, 0.1) is 7.11 Å². The van der Waals surface area contributed by atoms with Gasteiger partial charge in [-0.3, -0.25) is 4.79 Å². The van der Waals surface area contributed by atoms with Crippen LogP contribution in [-0.4, -0.2) is 13.1 Å². The minimum atomic E-state index is -0.0651. The van der Waals surface area contributed by atoms with E-state index in [-0.39, 0.29) is 29.1 Å². The van der Waals surface area contributed by atoms with E-state index in [9.17, 15) is 4.79 Å². The highest BCUT2D eigenvalue weighted by Crippen LogP contribution is 2.13. The topological polar surface area (TPSA) is 61.3 Å². The van der Waals surface area contributed by atoms with Gasteiger partial charge < -0.3 is 10.9 Å². The molecule has 0 aromatic rings. The van der Waals surface area contributed by atoms with Gasteiger partial charge in [0.2, 0.25) is 0 Å². The Morgan fingerprint density at radius 1 is 0.652 bits per heavy atom. The van der Waals surface area contributed by atoms with Crippen molar-refractivity contribution in [1.82, 2.24) is 6.15 Å². The summed E-state index contributed by atoms with van der Waals surface area (Å²) < 4.78 is 4.63. The molecular weight excluding hydrogens is 354 g/mol. The van der Waals surface area contributed by atoms with E-state index < -0.39 is 0 Å². The van der Waals surface area contributed by atoms with Crippen molar-refractivity contribution in [3.63, 3.8) is 0 Å². The van der Waals surface area contributed by atoms with Crippen LogP contribution in [-0.2, 0) is 9.53 Å². The van der Waals surface area contributed by atoms with Crippen LogP contribution in [0.1, 0.15) is 110 Å². The van der Waals surface area contributed by atoms with Crippen LogP contribution in [0, 0.1) is 0 Å². The molecule has 0 fully saturated rings. The number of unbranched alkanes of at least 4 members (excludes halogenated alkanes) is 14. The number of hydrogen-bond acceptors (Lipinski definition) is 3. The first-order chi connectivity index (χ1) is 10.3. The van der Waals surface area contributed by atoms with E-state index in [0.717, 1.165) is 6.42 Å². The molecule has 0 aromatic carbocycles. The van der Waals surface area contributed by atoms with Crippen molar-refractivity contribution in [2.75, 3.05) is 7.11 Å². The molecular formula is C19H42BrNO2. The maximum absolute atomic E-state index is 10.9. The minimum Gasteiger partial charge on any atom is -0.469 e. The van der Waals surface area contributed by atoms with Crippen LogP contribution < -0.4 is 6.15 Å². The molecule has 0 heterocycles. The summed E-state index contributed by atoms with van der Waals surface area (Å²) in [7, 11) is 1.47. The third-order valence-electron chi connectivity index (χ3n) is 4.21. The Labute approximate surface area is 155 Å². The summed E-state index contributed by atoms with van der Waals surface area (Å²) in [4.78, 5) is 10.9. The Bertz CT molecular complexity index is 225. The molecule has 0 bridgehead atoms. The molecule has 0 aliphatic rings. The first-order valence-electron chi connectivity index (χ1n) is 9.38. The molecule has 3 N–H and O–H groups in total. The van der Waals surface area contributed by atoms with Crippen LogP contribution in [0.3, 0.4) is 0 Å². The predicted molar refractivity (Wildman–Crippen MR) is 107 cm³/mol. The van der Waals surface area contributed by atoms with Crippen LogP contribution in [0.2, 0.25) is 0 Å². The molecule has 0 amide bonds. The van der Waals surface area contributed by atoms with Crippen molar-refractivity contribution in [2.45, 2.75) is 110 Å². The molecule has 0 saturated heterocycles. The van der Waals surface area contributed by atoms with E-state index in [1.54, 1.807) is 0 Å². The van der Waals surface area contributed by atoms with E-state index in [4.69, 9.17) is 0 Å². The number of esters is 1. The van der Waals surface area contributed by atoms with Gasteiger partial charge in [-0.25, -0.2) is 0 Å². The third-order valence-corrected chi connectivity index (χ3v) is 4.21. The summed E-state index contributed by atoms with van der Waals surface area (Å²) in [5.74, 6) is -0.0651. The molecule has 0 radical (unpaired) electrons. The van der Waals surface area contributed by atoms with Crippen molar-refractivity contribution in [1.29, 1.82) is 0 Å². The van der Waals surface area contributed by atoms with Crippen molar-refractivity contribution < 1.29 is 9.53 Å². The zero-order valence-electron chi connectivity index (χ0n) is 15.7. The number of hydrogen-bond donors (Lipinski definition) is 1. The summed E-state index contributed by atoms with van der Waals surface area (Å²) in [5, 5.41) is 0. The van der Waals surface area contributed by atoms with Crippen LogP contribution in [0.15, 0.2) is 0 Å². The second-order valence-corrected chi connectivity index (χ2v) is 6.28. The average molecular weight is 396 g/mol. The zero-order chi connectivity index (χ0) is 15.6.